The summed E-state index contributed by atoms with van der Waals surface area (Å²) in [6, 6.07) is 16.9. The molecule has 0 unspecified atom stereocenters. The Hall–Kier alpha value is -2.73. The number of amides is 1. The van der Waals surface area contributed by atoms with Crippen molar-refractivity contribution in [1.29, 1.82) is 0 Å². The van der Waals surface area contributed by atoms with Gasteiger partial charge in [-0.1, -0.05) is 53.5 Å². The van der Waals surface area contributed by atoms with Gasteiger partial charge in [0.1, 0.15) is 5.69 Å². The van der Waals surface area contributed by atoms with E-state index in [9.17, 15) is 14.7 Å². The lowest BCUT2D eigenvalue weighted by molar-refractivity contribution is -0.136. The highest BCUT2D eigenvalue weighted by Gasteiger charge is 2.50. The Labute approximate surface area is 177 Å². The number of benzene rings is 2. The van der Waals surface area contributed by atoms with Crippen LogP contribution in [0.1, 0.15) is 28.0 Å². The molecule has 1 atom stereocenters. The molecule has 1 aliphatic heterocycles. The number of ketones is 1. The molecule has 0 spiro atoms. The summed E-state index contributed by atoms with van der Waals surface area (Å²) < 4.78 is 0. The van der Waals surface area contributed by atoms with Crippen LogP contribution in [0.4, 0.5) is 5.69 Å². The van der Waals surface area contributed by atoms with Crippen LogP contribution in [0.2, 0.25) is 10.0 Å². The van der Waals surface area contributed by atoms with Gasteiger partial charge < -0.3 is 10.0 Å². The summed E-state index contributed by atoms with van der Waals surface area (Å²) in [6.07, 6.45) is 1.11. The van der Waals surface area contributed by atoms with E-state index in [0.717, 1.165) is 5.56 Å². The number of hydrogen-bond donors (Lipinski definition) is 1. The largest absolute Gasteiger partial charge is 0.375 e. The van der Waals surface area contributed by atoms with Crippen molar-refractivity contribution >= 4 is 40.6 Å². The molecule has 0 aliphatic carbocycles. The number of para-hydroxylation sites is 1. The van der Waals surface area contributed by atoms with E-state index in [-0.39, 0.29) is 12.2 Å². The van der Waals surface area contributed by atoms with Crippen LogP contribution in [0.5, 0.6) is 0 Å². The molecule has 1 N–H and O–H groups in total. The minimum Gasteiger partial charge on any atom is -0.375 e. The smallest absolute Gasteiger partial charge is 0.264 e. The first-order valence-corrected chi connectivity index (χ1v) is 9.68. The molecule has 3 aromatic rings. The number of fused-ring (bicyclic) bond motifs is 1. The molecular weight excluding hydrogens is 411 g/mol. The Kier molecular flexibility index (Phi) is 5.13. The van der Waals surface area contributed by atoms with Gasteiger partial charge in [-0.25, -0.2) is 0 Å². The number of carbonyl (C=O) groups excluding carboxylic acids is 2. The molecule has 4 rings (SSSR count). The van der Waals surface area contributed by atoms with Crippen molar-refractivity contribution in [2.75, 3.05) is 4.90 Å². The normalized spacial score (nSPS) is 18.0. The van der Waals surface area contributed by atoms with Gasteiger partial charge in [-0.2, -0.15) is 0 Å². The second kappa shape index (κ2) is 7.59. The maximum absolute atomic E-state index is 13.3. The zero-order chi connectivity index (χ0) is 20.6. The summed E-state index contributed by atoms with van der Waals surface area (Å²) in [6.45, 7) is 0.187. The van der Waals surface area contributed by atoms with E-state index in [1.807, 2.05) is 0 Å². The Morgan fingerprint density at radius 2 is 1.79 bits per heavy atom. The highest BCUT2D eigenvalue weighted by Crippen LogP contribution is 2.43. The van der Waals surface area contributed by atoms with Crippen molar-refractivity contribution < 1.29 is 14.7 Å². The zero-order valence-electron chi connectivity index (χ0n) is 15.2. The summed E-state index contributed by atoms with van der Waals surface area (Å²) >= 11 is 12.1. The fourth-order valence-electron chi connectivity index (χ4n) is 3.51. The number of hydrogen-bond acceptors (Lipinski definition) is 4. The molecule has 5 nitrogen and oxygen atoms in total. The van der Waals surface area contributed by atoms with Gasteiger partial charge in [0.2, 0.25) is 0 Å². The minimum atomic E-state index is -1.96. The van der Waals surface area contributed by atoms with Gasteiger partial charge in [0, 0.05) is 11.8 Å². The van der Waals surface area contributed by atoms with Crippen LogP contribution >= 0.6 is 23.2 Å². The van der Waals surface area contributed by atoms with Crippen molar-refractivity contribution in [3.63, 3.8) is 0 Å². The molecule has 1 aliphatic rings. The van der Waals surface area contributed by atoms with Crippen molar-refractivity contribution in [3.8, 4) is 0 Å². The van der Waals surface area contributed by atoms with Gasteiger partial charge in [-0.3, -0.25) is 14.6 Å². The van der Waals surface area contributed by atoms with Gasteiger partial charge in [0.15, 0.2) is 11.4 Å². The van der Waals surface area contributed by atoms with Gasteiger partial charge >= 0.3 is 0 Å². The van der Waals surface area contributed by atoms with E-state index in [4.69, 9.17) is 23.2 Å². The quantitative estimate of drug-likeness (QED) is 0.613. The van der Waals surface area contributed by atoms with Crippen LogP contribution in [0, 0.1) is 0 Å². The molecule has 1 aromatic heterocycles. The highest BCUT2D eigenvalue weighted by atomic mass is 35.5. The fourth-order valence-corrected chi connectivity index (χ4v) is 3.83. The second-order valence-electron chi connectivity index (χ2n) is 6.83. The van der Waals surface area contributed by atoms with Gasteiger partial charge in [-0.15, -0.1) is 0 Å². The number of nitrogens with zero attached hydrogens (tertiary/aromatic N) is 2. The molecule has 2 heterocycles. The lowest BCUT2D eigenvalue weighted by Gasteiger charge is -2.23. The Morgan fingerprint density at radius 1 is 1.03 bits per heavy atom. The first-order chi connectivity index (χ1) is 13.9. The number of carbonyl (C=O) groups is 2. The van der Waals surface area contributed by atoms with Gasteiger partial charge in [-0.05, 0) is 35.9 Å². The van der Waals surface area contributed by atoms with E-state index in [1.54, 1.807) is 60.7 Å². The summed E-state index contributed by atoms with van der Waals surface area (Å²) in [5.41, 5.74) is -0.0484. The lowest BCUT2D eigenvalue weighted by Crippen LogP contribution is -2.41. The predicted octanol–water partition coefficient (Wildman–Crippen LogP) is 4.40. The SMILES string of the molecule is O=C(C[C@]1(O)C(=O)N(Cc2ccc(Cl)c(Cl)c2)c2ccccc21)c1ccccn1. The van der Waals surface area contributed by atoms with Crippen LogP contribution in [-0.4, -0.2) is 21.8 Å². The molecule has 2 aromatic carbocycles. The first kappa shape index (κ1) is 19.6. The van der Waals surface area contributed by atoms with Crippen LogP contribution in [0.15, 0.2) is 66.9 Å². The average molecular weight is 427 g/mol. The molecule has 0 bridgehead atoms. The molecule has 29 heavy (non-hydrogen) atoms. The standard InChI is InChI=1S/C22H16Cl2N2O3/c23-16-9-8-14(11-17(16)24)13-26-19-7-2-1-5-15(19)22(29,21(26)28)12-20(27)18-6-3-4-10-25-18/h1-11,29H,12-13H2/t22-/m1/s1. The average Bonchev–Trinajstić information content (AvgIpc) is 2.93. The molecule has 0 radical (unpaired) electrons. The number of rotatable bonds is 5. The summed E-state index contributed by atoms with van der Waals surface area (Å²) in [5.74, 6) is -0.971. The molecule has 0 saturated heterocycles. The number of aliphatic hydroxyl groups is 1. The van der Waals surface area contributed by atoms with E-state index >= 15 is 0 Å². The molecule has 0 saturated carbocycles. The topological polar surface area (TPSA) is 70.5 Å². The molecule has 7 heteroatoms. The maximum atomic E-state index is 13.3. The van der Waals surface area contributed by atoms with E-state index in [0.29, 0.717) is 21.3 Å². The third-order valence-electron chi connectivity index (χ3n) is 4.93. The number of Topliss-reactive ketones (excluding diaryl/α,β-unsaturated/α-hetero) is 1. The number of pyridine rings is 1. The van der Waals surface area contributed by atoms with Crippen molar-refractivity contribution in [2.24, 2.45) is 0 Å². The highest BCUT2D eigenvalue weighted by molar-refractivity contribution is 6.42. The molecule has 1 amide bonds. The van der Waals surface area contributed by atoms with Crippen LogP contribution in [-0.2, 0) is 16.9 Å². The second-order valence-corrected chi connectivity index (χ2v) is 7.65. The Bertz CT molecular complexity index is 1100. The third kappa shape index (κ3) is 3.53. The fraction of sp³-hybridized carbons (Fsp3) is 0.136. The monoisotopic (exact) mass is 426 g/mol. The van der Waals surface area contributed by atoms with Crippen LogP contribution in [0.3, 0.4) is 0 Å². The molecule has 0 fully saturated rings. The summed E-state index contributed by atoms with van der Waals surface area (Å²) in [7, 11) is 0. The van der Waals surface area contributed by atoms with Crippen molar-refractivity contribution in [3.05, 3.63) is 93.7 Å². The first-order valence-electron chi connectivity index (χ1n) is 8.92. The predicted molar refractivity (Wildman–Crippen MR) is 111 cm³/mol. The van der Waals surface area contributed by atoms with Gasteiger partial charge in [0.25, 0.3) is 5.91 Å². The summed E-state index contributed by atoms with van der Waals surface area (Å²) in [5, 5.41) is 12.1. The number of anilines is 1. The minimum absolute atomic E-state index is 0.187. The third-order valence-corrected chi connectivity index (χ3v) is 5.67. The molecular formula is C22H16Cl2N2O3. The Morgan fingerprint density at radius 3 is 2.52 bits per heavy atom. The number of halogens is 2. The zero-order valence-corrected chi connectivity index (χ0v) is 16.7. The molecule has 146 valence electrons. The van der Waals surface area contributed by atoms with E-state index in [1.165, 1.54) is 11.1 Å². The van der Waals surface area contributed by atoms with Crippen LogP contribution in [0.25, 0.3) is 0 Å². The summed E-state index contributed by atoms with van der Waals surface area (Å²) in [4.78, 5) is 31.4. The van der Waals surface area contributed by atoms with E-state index < -0.39 is 23.7 Å². The lowest BCUT2D eigenvalue weighted by atomic mass is 9.89. The van der Waals surface area contributed by atoms with Crippen LogP contribution < -0.4 is 4.90 Å². The van der Waals surface area contributed by atoms with Gasteiger partial charge in [0.05, 0.1) is 28.7 Å². The Balaban J connectivity index is 1.68. The number of aromatic nitrogens is 1. The van der Waals surface area contributed by atoms with Crippen molar-refractivity contribution in [1.82, 2.24) is 4.98 Å². The maximum Gasteiger partial charge on any atom is 0.264 e. The van der Waals surface area contributed by atoms with Crippen molar-refractivity contribution in [2.45, 2.75) is 18.6 Å². The van der Waals surface area contributed by atoms with E-state index in [2.05, 4.69) is 4.98 Å².